The number of rotatable bonds is 13. The van der Waals surface area contributed by atoms with Gasteiger partial charge in [0.2, 0.25) is 5.91 Å². The number of urea groups is 1. The Kier molecular flexibility index (Phi) is 13.2. The second-order valence-electron chi connectivity index (χ2n) is 16.0. The first-order valence-electron chi connectivity index (χ1n) is 19.6. The van der Waals surface area contributed by atoms with E-state index in [0.717, 1.165) is 91.7 Å². The number of hydrogen-bond acceptors (Lipinski definition) is 9. The second kappa shape index (κ2) is 17.8. The summed E-state index contributed by atoms with van der Waals surface area (Å²) in [5, 5.41) is 47.9. The maximum absolute atomic E-state index is 12.8. The van der Waals surface area contributed by atoms with Crippen molar-refractivity contribution in [2.75, 3.05) is 59.0 Å². The van der Waals surface area contributed by atoms with E-state index < -0.39 is 37.3 Å². The van der Waals surface area contributed by atoms with Crippen molar-refractivity contribution >= 4 is 22.8 Å². The predicted octanol–water partition coefficient (Wildman–Crippen LogP) is 2.94. The van der Waals surface area contributed by atoms with E-state index in [1.165, 1.54) is 6.42 Å². The molecule has 1 spiro atoms. The first-order chi connectivity index (χ1) is 26.0. The van der Waals surface area contributed by atoms with Gasteiger partial charge in [-0.05, 0) is 98.2 Å². The molecule has 0 saturated carbocycles. The third kappa shape index (κ3) is 9.38. The molecule has 0 bridgehead atoms. The van der Waals surface area contributed by atoms with E-state index in [2.05, 4.69) is 27.7 Å². The summed E-state index contributed by atoms with van der Waals surface area (Å²) < 4.78 is 13.8. The highest BCUT2D eigenvalue weighted by Crippen LogP contribution is 2.40. The number of nitrogens with one attached hydrogen (secondary N) is 2. The molecule has 1 aromatic heterocycles. The van der Waals surface area contributed by atoms with Crippen molar-refractivity contribution in [1.82, 2.24) is 25.0 Å². The maximum Gasteiger partial charge on any atom is 0.315 e. The Bertz CT molecular complexity index is 1700. The molecular weight excluding hydrogens is 690 g/mol. The fourth-order valence-electron chi connectivity index (χ4n) is 8.41. The van der Waals surface area contributed by atoms with Gasteiger partial charge in [-0.2, -0.15) is 0 Å². The SMILES string of the molecule is Cc1cccc2c1c(Cc1ccc(OCCCN3CCCC4(CCN(C(=O)CNC(=O)NCC(C)C)CC4)C3)cc1)cn2C1O[C@H](CO)[C@@H](O)[C@H](O)[C@H]1O. The first-order valence-corrected chi connectivity index (χ1v) is 19.6. The quantitative estimate of drug-likeness (QED) is 0.144. The van der Waals surface area contributed by atoms with E-state index >= 15 is 0 Å². The van der Waals surface area contributed by atoms with E-state index in [9.17, 15) is 30.0 Å². The van der Waals surface area contributed by atoms with Gasteiger partial charge in [0.05, 0.1) is 25.3 Å². The number of ether oxygens (including phenoxy) is 2. The molecule has 54 heavy (non-hydrogen) atoms. The lowest BCUT2D eigenvalue weighted by molar-refractivity contribution is -0.250. The van der Waals surface area contributed by atoms with Gasteiger partial charge in [-0.25, -0.2) is 4.79 Å². The molecule has 3 fully saturated rings. The molecule has 3 aliphatic rings. The summed E-state index contributed by atoms with van der Waals surface area (Å²) in [6.45, 7) is 11.4. The van der Waals surface area contributed by atoms with E-state index in [4.69, 9.17) is 9.47 Å². The zero-order valence-electron chi connectivity index (χ0n) is 32.0. The van der Waals surface area contributed by atoms with Crippen LogP contribution in [0.15, 0.2) is 48.7 Å². The molecule has 13 heteroatoms. The molecule has 6 rings (SSSR count). The average molecular weight is 750 g/mol. The monoisotopic (exact) mass is 749 g/mol. The average Bonchev–Trinajstić information content (AvgIpc) is 3.53. The fourth-order valence-corrected chi connectivity index (χ4v) is 8.41. The molecular formula is C41H59N5O8. The zero-order valence-corrected chi connectivity index (χ0v) is 32.0. The number of aliphatic hydroxyl groups is 4. The topological polar surface area (TPSA) is 169 Å². The molecule has 3 saturated heterocycles. The molecule has 3 aromatic rings. The molecule has 4 heterocycles. The lowest BCUT2D eigenvalue weighted by Gasteiger charge is -2.47. The third-order valence-electron chi connectivity index (χ3n) is 11.5. The predicted molar refractivity (Wildman–Crippen MR) is 205 cm³/mol. The Morgan fingerprint density at radius 3 is 2.46 bits per heavy atom. The number of aryl methyl sites for hydroxylation is 1. The van der Waals surface area contributed by atoms with Crippen molar-refractivity contribution in [1.29, 1.82) is 0 Å². The molecule has 5 atom stereocenters. The number of aliphatic hydroxyl groups excluding tert-OH is 4. The normalized spacial score (nSPS) is 24.6. The van der Waals surface area contributed by atoms with Crippen molar-refractivity contribution in [3.05, 3.63) is 65.4 Å². The number of hydrogen-bond donors (Lipinski definition) is 6. The van der Waals surface area contributed by atoms with Crippen LogP contribution >= 0.6 is 0 Å². The highest BCUT2D eigenvalue weighted by molar-refractivity contribution is 5.87. The van der Waals surface area contributed by atoms with Crippen LogP contribution < -0.4 is 15.4 Å². The van der Waals surface area contributed by atoms with Gasteiger partial charge in [0.1, 0.15) is 30.2 Å². The Hall–Kier alpha value is -3.72. The molecule has 2 aromatic carbocycles. The largest absolute Gasteiger partial charge is 0.494 e. The van der Waals surface area contributed by atoms with Crippen molar-refractivity contribution in [2.24, 2.45) is 11.3 Å². The number of nitrogens with zero attached hydrogens (tertiary/aromatic N) is 3. The summed E-state index contributed by atoms with van der Waals surface area (Å²) in [6.07, 6.45) is 1.60. The van der Waals surface area contributed by atoms with Crippen molar-refractivity contribution in [3.8, 4) is 5.75 Å². The molecule has 6 N–H and O–H groups in total. The number of carbonyl (C=O) groups is 2. The molecule has 0 aliphatic carbocycles. The van der Waals surface area contributed by atoms with Crippen molar-refractivity contribution in [3.63, 3.8) is 0 Å². The van der Waals surface area contributed by atoms with Crippen LogP contribution in [0.3, 0.4) is 0 Å². The third-order valence-corrected chi connectivity index (χ3v) is 11.5. The Labute approximate surface area is 318 Å². The summed E-state index contributed by atoms with van der Waals surface area (Å²) in [5.74, 6) is 1.16. The van der Waals surface area contributed by atoms with Gasteiger partial charge in [-0.3, -0.25) is 4.79 Å². The first kappa shape index (κ1) is 40.0. The molecule has 0 radical (unpaired) electrons. The highest BCUT2D eigenvalue weighted by Gasteiger charge is 2.45. The van der Waals surface area contributed by atoms with Crippen molar-refractivity contribution in [2.45, 2.75) is 89.9 Å². The number of piperidine rings is 2. The Morgan fingerprint density at radius 1 is 0.981 bits per heavy atom. The van der Waals surface area contributed by atoms with Crippen LogP contribution in [0.1, 0.15) is 68.9 Å². The summed E-state index contributed by atoms with van der Waals surface area (Å²) >= 11 is 0. The molecule has 3 amide bonds. The molecule has 296 valence electrons. The molecule has 13 nitrogen and oxygen atoms in total. The number of amides is 3. The van der Waals surface area contributed by atoms with Gasteiger partial charge in [0.25, 0.3) is 0 Å². The Balaban J connectivity index is 0.966. The van der Waals surface area contributed by atoms with Crippen LogP contribution in [0, 0.1) is 18.3 Å². The smallest absolute Gasteiger partial charge is 0.315 e. The van der Waals surface area contributed by atoms with E-state index in [-0.39, 0.29) is 23.9 Å². The van der Waals surface area contributed by atoms with Gasteiger partial charge in [-0.1, -0.05) is 38.1 Å². The minimum atomic E-state index is -1.46. The molecule has 3 aliphatic heterocycles. The summed E-state index contributed by atoms with van der Waals surface area (Å²) in [5.41, 5.74) is 4.27. The minimum Gasteiger partial charge on any atom is -0.494 e. The number of aromatic nitrogens is 1. The van der Waals surface area contributed by atoms with E-state index in [1.807, 2.05) is 62.2 Å². The van der Waals surface area contributed by atoms with Gasteiger partial charge in [0, 0.05) is 44.3 Å². The van der Waals surface area contributed by atoms with Gasteiger partial charge < -0.3 is 54.9 Å². The number of benzene rings is 2. The highest BCUT2D eigenvalue weighted by atomic mass is 16.6. The fraction of sp³-hybridized carbons (Fsp3) is 0.610. The van der Waals surface area contributed by atoms with Gasteiger partial charge in [-0.15, -0.1) is 0 Å². The van der Waals surface area contributed by atoms with Crippen LogP contribution in [0.4, 0.5) is 4.79 Å². The van der Waals surface area contributed by atoms with Crippen LogP contribution in [0.2, 0.25) is 0 Å². The van der Waals surface area contributed by atoms with Crippen LogP contribution in [-0.2, 0) is 16.0 Å². The van der Waals surface area contributed by atoms with Crippen LogP contribution in [0.5, 0.6) is 5.75 Å². The summed E-state index contributed by atoms with van der Waals surface area (Å²) in [7, 11) is 0. The summed E-state index contributed by atoms with van der Waals surface area (Å²) in [6, 6.07) is 13.7. The van der Waals surface area contributed by atoms with Crippen LogP contribution in [-0.4, -0.2) is 130 Å². The molecule has 1 unspecified atom stereocenters. The van der Waals surface area contributed by atoms with E-state index in [0.29, 0.717) is 25.5 Å². The lowest BCUT2D eigenvalue weighted by atomic mass is 9.72. The van der Waals surface area contributed by atoms with E-state index in [1.54, 1.807) is 4.57 Å². The van der Waals surface area contributed by atoms with Gasteiger partial charge >= 0.3 is 6.03 Å². The number of carbonyl (C=O) groups excluding carboxylic acids is 2. The zero-order chi connectivity index (χ0) is 38.4. The minimum absolute atomic E-state index is 0.0167. The summed E-state index contributed by atoms with van der Waals surface area (Å²) in [4.78, 5) is 29.2. The van der Waals surface area contributed by atoms with Crippen LogP contribution in [0.25, 0.3) is 10.9 Å². The standard InChI is InChI=1S/C41H59N5O8/c1-27(2)22-42-40(52)43-23-34(48)45-18-14-41(15-19-45)13-5-16-44(26-41)17-6-20-53-31-11-9-29(10-12-31)21-30-24-46(32-8-4-7-28(3)35(30)32)39-38(51)37(50)36(49)33(25-47)54-39/h4,7-12,24,27,33,36-39,47,49-51H,5-6,13-23,25-26H2,1-3H3,(H2,42,43,52)/t33-,36-,37+,38-,39?/m1/s1. The Morgan fingerprint density at radius 2 is 1.74 bits per heavy atom. The lowest BCUT2D eigenvalue weighted by Crippen LogP contribution is -2.56. The number of likely N-dealkylation sites (tertiary alicyclic amines) is 2. The second-order valence-corrected chi connectivity index (χ2v) is 16.0. The number of fused-ring (bicyclic) bond motifs is 1. The maximum atomic E-state index is 12.8. The van der Waals surface area contributed by atoms with Gasteiger partial charge in [0.15, 0.2) is 6.23 Å². The van der Waals surface area contributed by atoms with Crippen molar-refractivity contribution < 1.29 is 39.5 Å².